The van der Waals surface area contributed by atoms with Crippen LogP contribution in [-0.4, -0.2) is 36.5 Å². The third-order valence-corrected chi connectivity index (χ3v) is 3.27. The standard InChI is InChI=1S/C13H18O4/c1-4-5-8-6-7-9-10(14-8)11-12(15-9)17-13(2,3)16-11/h4,6-12H,1,5H2,2-3H3/t8-,9-,10+,11-,12-/m1/s1. The Morgan fingerprint density at radius 2 is 2.00 bits per heavy atom. The quantitative estimate of drug-likeness (QED) is 0.687. The Kier molecular flexibility index (Phi) is 2.63. The predicted molar refractivity (Wildman–Crippen MR) is 61.3 cm³/mol. The third-order valence-electron chi connectivity index (χ3n) is 3.27. The summed E-state index contributed by atoms with van der Waals surface area (Å²) in [7, 11) is 0. The highest BCUT2D eigenvalue weighted by atomic mass is 16.8. The average molecular weight is 238 g/mol. The summed E-state index contributed by atoms with van der Waals surface area (Å²) in [5.74, 6) is -0.585. The maximum atomic E-state index is 5.97. The van der Waals surface area contributed by atoms with Crippen LogP contribution < -0.4 is 0 Å². The lowest BCUT2D eigenvalue weighted by molar-refractivity contribution is -0.216. The molecule has 0 N–H and O–H groups in total. The first-order valence-electron chi connectivity index (χ1n) is 6.05. The number of fused-ring (bicyclic) bond motifs is 3. The molecule has 3 aliphatic rings. The Hall–Kier alpha value is -0.680. The molecule has 0 aliphatic carbocycles. The predicted octanol–water partition coefficient (Wildman–Crippen LogP) is 1.76. The van der Waals surface area contributed by atoms with Crippen molar-refractivity contribution in [3.05, 3.63) is 24.8 Å². The third kappa shape index (κ3) is 1.95. The lowest BCUT2D eigenvalue weighted by Gasteiger charge is -2.30. The van der Waals surface area contributed by atoms with E-state index in [1.807, 2.05) is 32.1 Å². The molecule has 0 amide bonds. The van der Waals surface area contributed by atoms with Gasteiger partial charge in [0, 0.05) is 0 Å². The van der Waals surface area contributed by atoms with Gasteiger partial charge in [0.15, 0.2) is 12.1 Å². The molecule has 2 fully saturated rings. The molecule has 0 aromatic carbocycles. The number of hydrogen-bond donors (Lipinski definition) is 0. The van der Waals surface area contributed by atoms with E-state index in [1.165, 1.54) is 0 Å². The summed E-state index contributed by atoms with van der Waals surface area (Å²) in [6.45, 7) is 7.51. The first-order chi connectivity index (χ1) is 8.09. The molecule has 0 aromatic heterocycles. The minimum Gasteiger partial charge on any atom is -0.365 e. The van der Waals surface area contributed by atoms with Crippen molar-refractivity contribution in [3.8, 4) is 0 Å². The van der Waals surface area contributed by atoms with Crippen molar-refractivity contribution in [2.45, 2.75) is 56.8 Å². The van der Waals surface area contributed by atoms with Crippen molar-refractivity contribution in [1.82, 2.24) is 0 Å². The topological polar surface area (TPSA) is 36.9 Å². The van der Waals surface area contributed by atoms with Crippen molar-refractivity contribution in [3.63, 3.8) is 0 Å². The molecule has 4 nitrogen and oxygen atoms in total. The Balaban J connectivity index is 1.74. The molecular formula is C13H18O4. The molecule has 17 heavy (non-hydrogen) atoms. The van der Waals surface area contributed by atoms with Gasteiger partial charge in [-0.05, 0) is 20.3 Å². The van der Waals surface area contributed by atoms with Crippen molar-refractivity contribution in [2.24, 2.45) is 0 Å². The van der Waals surface area contributed by atoms with Crippen molar-refractivity contribution >= 4 is 0 Å². The number of ether oxygens (including phenoxy) is 4. The fourth-order valence-electron chi connectivity index (χ4n) is 2.59. The van der Waals surface area contributed by atoms with Crippen LogP contribution in [0.3, 0.4) is 0 Å². The van der Waals surface area contributed by atoms with Crippen LogP contribution in [-0.2, 0) is 18.9 Å². The van der Waals surface area contributed by atoms with Gasteiger partial charge in [0.25, 0.3) is 0 Å². The molecule has 0 radical (unpaired) electrons. The fraction of sp³-hybridized carbons (Fsp3) is 0.692. The van der Waals surface area contributed by atoms with Crippen molar-refractivity contribution in [1.29, 1.82) is 0 Å². The summed E-state index contributed by atoms with van der Waals surface area (Å²) < 4.78 is 23.3. The molecule has 94 valence electrons. The van der Waals surface area contributed by atoms with Crippen molar-refractivity contribution < 1.29 is 18.9 Å². The highest BCUT2D eigenvalue weighted by Crippen LogP contribution is 2.40. The molecule has 2 saturated heterocycles. The van der Waals surface area contributed by atoms with Crippen LogP contribution in [0.15, 0.2) is 24.8 Å². The molecule has 3 heterocycles. The fourth-order valence-corrected chi connectivity index (χ4v) is 2.59. The molecule has 0 spiro atoms. The van der Waals surface area contributed by atoms with Gasteiger partial charge in [-0.1, -0.05) is 18.2 Å². The second-order valence-electron chi connectivity index (χ2n) is 5.12. The normalized spacial score (nSPS) is 46.6. The SMILES string of the molecule is C=CC[C@@H]1C=C[C@H]2O[C@@H]3OC(C)(C)O[C@@H]3[C@H]2O1. The van der Waals surface area contributed by atoms with Crippen LogP contribution in [0, 0.1) is 0 Å². The Morgan fingerprint density at radius 1 is 1.18 bits per heavy atom. The van der Waals surface area contributed by atoms with Crippen LogP contribution in [0.1, 0.15) is 20.3 Å². The second kappa shape index (κ2) is 3.92. The van der Waals surface area contributed by atoms with Gasteiger partial charge in [0.1, 0.15) is 18.3 Å². The van der Waals surface area contributed by atoms with E-state index in [1.54, 1.807) is 0 Å². The van der Waals surface area contributed by atoms with Gasteiger partial charge in [0.05, 0.1) is 6.10 Å². The average Bonchev–Trinajstić information content (AvgIpc) is 2.71. The van der Waals surface area contributed by atoms with E-state index in [2.05, 4.69) is 6.58 Å². The zero-order valence-corrected chi connectivity index (χ0v) is 10.2. The summed E-state index contributed by atoms with van der Waals surface area (Å²) in [4.78, 5) is 0. The molecule has 0 bridgehead atoms. The first-order valence-corrected chi connectivity index (χ1v) is 6.05. The van der Waals surface area contributed by atoms with E-state index >= 15 is 0 Å². The van der Waals surface area contributed by atoms with Gasteiger partial charge >= 0.3 is 0 Å². The largest absolute Gasteiger partial charge is 0.365 e. The highest BCUT2D eigenvalue weighted by molar-refractivity contribution is 5.10. The first kappa shape index (κ1) is 11.4. The zero-order chi connectivity index (χ0) is 12.0. The summed E-state index contributed by atoms with van der Waals surface area (Å²) in [6, 6.07) is 0. The van der Waals surface area contributed by atoms with Crippen LogP contribution in [0.2, 0.25) is 0 Å². The van der Waals surface area contributed by atoms with Gasteiger partial charge in [-0.25, -0.2) is 0 Å². The minimum absolute atomic E-state index is 0.0536. The van der Waals surface area contributed by atoms with E-state index < -0.39 is 5.79 Å². The monoisotopic (exact) mass is 238 g/mol. The van der Waals surface area contributed by atoms with E-state index in [4.69, 9.17) is 18.9 Å². The molecule has 0 aromatic rings. The number of rotatable bonds is 2. The summed E-state index contributed by atoms with van der Waals surface area (Å²) in [6.07, 6.45) is 6.23. The van der Waals surface area contributed by atoms with Gasteiger partial charge in [0.2, 0.25) is 0 Å². The summed E-state index contributed by atoms with van der Waals surface area (Å²) >= 11 is 0. The van der Waals surface area contributed by atoms with E-state index in [9.17, 15) is 0 Å². The lowest BCUT2D eigenvalue weighted by atomic mass is 10.0. The van der Waals surface area contributed by atoms with Crippen LogP contribution in [0.5, 0.6) is 0 Å². The van der Waals surface area contributed by atoms with Crippen LogP contribution >= 0.6 is 0 Å². The highest BCUT2D eigenvalue weighted by Gasteiger charge is 2.55. The summed E-state index contributed by atoms with van der Waals surface area (Å²) in [5, 5.41) is 0. The Labute approximate surface area is 101 Å². The van der Waals surface area contributed by atoms with Gasteiger partial charge in [-0.3, -0.25) is 0 Å². The van der Waals surface area contributed by atoms with Gasteiger partial charge < -0.3 is 18.9 Å². The molecule has 5 atom stereocenters. The molecule has 3 aliphatic heterocycles. The molecule has 0 unspecified atom stereocenters. The van der Waals surface area contributed by atoms with E-state index in [-0.39, 0.29) is 30.7 Å². The Morgan fingerprint density at radius 3 is 2.76 bits per heavy atom. The van der Waals surface area contributed by atoms with E-state index in [0.717, 1.165) is 6.42 Å². The molecule has 3 rings (SSSR count). The van der Waals surface area contributed by atoms with E-state index in [0.29, 0.717) is 0 Å². The Bertz CT molecular complexity index is 349. The minimum atomic E-state index is -0.585. The lowest BCUT2D eigenvalue weighted by Crippen LogP contribution is -2.40. The van der Waals surface area contributed by atoms with Gasteiger partial charge in [-0.15, -0.1) is 6.58 Å². The molecular weight excluding hydrogens is 220 g/mol. The van der Waals surface area contributed by atoms with Gasteiger partial charge in [-0.2, -0.15) is 0 Å². The maximum absolute atomic E-state index is 5.97. The van der Waals surface area contributed by atoms with Crippen molar-refractivity contribution in [2.75, 3.05) is 0 Å². The van der Waals surface area contributed by atoms with Crippen LogP contribution in [0.25, 0.3) is 0 Å². The van der Waals surface area contributed by atoms with Crippen LogP contribution in [0.4, 0.5) is 0 Å². The number of hydrogen-bond acceptors (Lipinski definition) is 4. The summed E-state index contributed by atoms with van der Waals surface area (Å²) in [5.41, 5.74) is 0. The molecule has 4 heteroatoms. The zero-order valence-electron chi connectivity index (χ0n) is 10.2. The smallest absolute Gasteiger partial charge is 0.190 e. The second-order valence-corrected chi connectivity index (χ2v) is 5.12. The maximum Gasteiger partial charge on any atom is 0.190 e. The molecule has 0 saturated carbocycles.